The number of fused-ring (bicyclic) bond motifs is 1. The van der Waals surface area contributed by atoms with Crippen molar-refractivity contribution in [2.75, 3.05) is 13.1 Å². The predicted octanol–water partition coefficient (Wildman–Crippen LogP) is 5.81. The van der Waals surface area contributed by atoms with E-state index in [1.54, 1.807) is 12.4 Å². The number of hydrogen-bond acceptors (Lipinski definition) is 7. The molecule has 0 saturated heterocycles. The third-order valence-corrected chi connectivity index (χ3v) is 8.17. The molecule has 0 radical (unpaired) electrons. The number of carbonyl (C=O) groups excluding carboxylic acids is 2. The average Bonchev–Trinajstić information content (AvgIpc) is 3.41. The molecule has 0 bridgehead atoms. The van der Waals surface area contributed by atoms with E-state index in [4.69, 9.17) is 9.73 Å². The lowest BCUT2D eigenvalue weighted by atomic mass is 9.92. The number of ether oxygens (including phenoxy) is 1. The van der Waals surface area contributed by atoms with E-state index < -0.39 is 6.04 Å². The molecule has 2 aromatic carbocycles. The lowest BCUT2D eigenvalue weighted by molar-refractivity contribution is -0.127. The van der Waals surface area contributed by atoms with Crippen LogP contribution in [0.4, 0.5) is 0 Å². The quantitative estimate of drug-likeness (QED) is 0.308. The number of pyridine rings is 1. The van der Waals surface area contributed by atoms with Crippen LogP contribution in [-0.4, -0.2) is 44.9 Å². The Morgan fingerprint density at radius 3 is 2.50 bits per heavy atom. The molecule has 1 unspecified atom stereocenters. The van der Waals surface area contributed by atoms with Gasteiger partial charge < -0.3 is 19.9 Å². The van der Waals surface area contributed by atoms with E-state index in [0.29, 0.717) is 43.3 Å². The monoisotopic (exact) mass is 581 g/mol. The summed E-state index contributed by atoms with van der Waals surface area (Å²) in [6.07, 6.45) is 3.57. The van der Waals surface area contributed by atoms with E-state index in [0.717, 1.165) is 27.6 Å². The Morgan fingerprint density at radius 1 is 1.00 bits per heavy atom. The maximum absolute atomic E-state index is 14.0. The predicted molar refractivity (Wildman–Crippen MR) is 166 cm³/mol. The maximum atomic E-state index is 14.0. The van der Waals surface area contributed by atoms with Gasteiger partial charge in [0.05, 0.1) is 23.7 Å². The first kappa shape index (κ1) is 29.1. The molecular formula is C33H35N5O3S. The van der Waals surface area contributed by atoms with Crippen molar-refractivity contribution in [1.29, 1.82) is 0 Å². The van der Waals surface area contributed by atoms with Gasteiger partial charge >= 0.3 is 0 Å². The van der Waals surface area contributed by atoms with Crippen LogP contribution < -0.4 is 10.1 Å². The summed E-state index contributed by atoms with van der Waals surface area (Å²) in [5.41, 5.74) is 5.03. The molecule has 5 rings (SSSR count). The van der Waals surface area contributed by atoms with Crippen LogP contribution in [0.15, 0.2) is 106 Å². The first-order valence-corrected chi connectivity index (χ1v) is 15.0. The molecule has 2 aliphatic rings. The highest BCUT2D eigenvalue weighted by atomic mass is 32.2. The summed E-state index contributed by atoms with van der Waals surface area (Å²) >= 11 is 1.47. The van der Waals surface area contributed by atoms with Gasteiger partial charge in [0.1, 0.15) is 12.4 Å². The van der Waals surface area contributed by atoms with Crippen LogP contribution in [0.25, 0.3) is 0 Å². The number of carbonyl (C=O) groups is 2. The fourth-order valence-electron chi connectivity index (χ4n) is 5.08. The zero-order valence-corrected chi connectivity index (χ0v) is 24.9. The molecule has 2 aliphatic heterocycles. The fourth-order valence-corrected chi connectivity index (χ4v) is 6.05. The van der Waals surface area contributed by atoms with Crippen molar-refractivity contribution in [3.8, 4) is 5.75 Å². The molecule has 0 fully saturated rings. The molecule has 9 heteroatoms. The van der Waals surface area contributed by atoms with Gasteiger partial charge in [-0.05, 0) is 67.1 Å². The number of nitrogens with zero attached hydrogens (tertiary/aromatic N) is 4. The summed E-state index contributed by atoms with van der Waals surface area (Å²) in [4.78, 5) is 39.8. The number of allylic oxidation sites excluding steroid dienone is 1. The summed E-state index contributed by atoms with van der Waals surface area (Å²) < 4.78 is 6.16. The Balaban J connectivity index is 1.44. The number of aromatic nitrogens is 1. The highest BCUT2D eigenvalue weighted by Gasteiger charge is 2.41. The number of hydrogen-bond donors (Lipinski definition) is 1. The number of benzene rings is 2. The molecule has 1 atom stereocenters. The van der Waals surface area contributed by atoms with Gasteiger partial charge in [0.2, 0.25) is 5.91 Å². The van der Waals surface area contributed by atoms with Gasteiger partial charge in [-0.25, -0.2) is 4.99 Å². The standard InChI is InChI=1S/C33H35N5O3S/c1-4-37(5-2)32(40)30-23(3)36-33-38(27(22-42-33)19-29(39)35-20-24-14-16-34-17-15-24)31(30)26-12-9-13-28(18-26)41-21-25-10-7-6-8-11-25/h6-18,22,31H,4-5,19-21H2,1-3H3,(H,35,39). The lowest BCUT2D eigenvalue weighted by Crippen LogP contribution is -2.42. The topological polar surface area (TPSA) is 87.1 Å². The highest BCUT2D eigenvalue weighted by Crippen LogP contribution is 2.45. The molecular weight excluding hydrogens is 546 g/mol. The number of likely N-dealkylation sites (N-methyl/N-ethyl adjacent to an activating group) is 1. The van der Waals surface area contributed by atoms with Gasteiger partial charge in [0.15, 0.2) is 5.17 Å². The smallest absolute Gasteiger partial charge is 0.254 e. The SMILES string of the molecule is CCN(CC)C(=O)C1=C(C)N=C2SC=C(CC(=O)NCc3ccncc3)N2C1c1cccc(OCc2ccccc2)c1. The van der Waals surface area contributed by atoms with Crippen LogP contribution in [0, 0.1) is 0 Å². The summed E-state index contributed by atoms with van der Waals surface area (Å²) in [6.45, 7) is 7.87. The molecule has 8 nitrogen and oxygen atoms in total. The molecule has 3 heterocycles. The zero-order chi connectivity index (χ0) is 29.5. The van der Waals surface area contributed by atoms with Gasteiger partial charge in [-0.1, -0.05) is 54.2 Å². The van der Waals surface area contributed by atoms with E-state index in [1.807, 2.05) is 103 Å². The largest absolute Gasteiger partial charge is 0.489 e. The zero-order valence-electron chi connectivity index (χ0n) is 24.1. The molecule has 2 amide bonds. The van der Waals surface area contributed by atoms with E-state index >= 15 is 0 Å². The molecule has 42 heavy (non-hydrogen) atoms. The Hall–Kier alpha value is -4.37. The minimum Gasteiger partial charge on any atom is -0.489 e. The van der Waals surface area contributed by atoms with Gasteiger partial charge in [-0.2, -0.15) is 0 Å². The minimum atomic E-state index is -0.458. The molecule has 1 N–H and O–H groups in total. The van der Waals surface area contributed by atoms with Gasteiger partial charge in [0, 0.05) is 37.7 Å². The van der Waals surface area contributed by atoms with Crippen molar-refractivity contribution in [2.45, 2.75) is 46.4 Å². The Bertz CT molecular complexity index is 1520. The van der Waals surface area contributed by atoms with Crippen LogP contribution >= 0.6 is 11.8 Å². The number of amides is 2. The number of amidine groups is 1. The first-order valence-electron chi connectivity index (χ1n) is 14.1. The molecule has 0 aliphatic carbocycles. The number of aliphatic imine (C=N–C) groups is 1. The van der Waals surface area contributed by atoms with Crippen molar-refractivity contribution in [2.24, 2.45) is 4.99 Å². The Labute approximate surface area is 251 Å². The Kier molecular flexibility index (Phi) is 9.38. The second kappa shape index (κ2) is 13.5. The van der Waals surface area contributed by atoms with Crippen LogP contribution in [0.1, 0.15) is 49.9 Å². The number of thioether (sulfide) groups is 1. The maximum Gasteiger partial charge on any atom is 0.254 e. The number of nitrogens with one attached hydrogen (secondary N) is 1. The van der Waals surface area contributed by atoms with E-state index in [-0.39, 0.29) is 18.2 Å². The number of rotatable bonds is 11. The van der Waals surface area contributed by atoms with E-state index in [2.05, 4.69) is 10.3 Å². The van der Waals surface area contributed by atoms with Crippen molar-refractivity contribution >= 4 is 28.7 Å². The molecule has 3 aromatic rings. The summed E-state index contributed by atoms with van der Waals surface area (Å²) in [5, 5.41) is 5.72. The van der Waals surface area contributed by atoms with Crippen LogP contribution in [0.5, 0.6) is 5.75 Å². The van der Waals surface area contributed by atoms with Gasteiger partial charge in [-0.3, -0.25) is 14.6 Å². The van der Waals surface area contributed by atoms with Crippen LogP contribution in [0.3, 0.4) is 0 Å². The average molecular weight is 582 g/mol. The normalized spacial score (nSPS) is 16.0. The van der Waals surface area contributed by atoms with Crippen LogP contribution in [-0.2, 0) is 22.7 Å². The molecule has 216 valence electrons. The second-order valence-electron chi connectivity index (χ2n) is 10.0. The minimum absolute atomic E-state index is 0.0562. The third-order valence-electron chi connectivity index (χ3n) is 7.28. The van der Waals surface area contributed by atoms with Crippen molar-refractivity contribution in [3.63, 3.8) is 0 Å². The summed E-state index contributed by atoms with van der Waals surface area (Å²) in [7, 11) is 0. The van der Waals surface area contributed by atoms with Crippen molar-refractivity contribution in [1.82, 2.24) is 20.1 Å². The first-order chi connectivity index (χ1) is 20.5. The van der Waals surface area contributed by atoms with E-state index in [1.165, 1.54) is 11.8 Å². The fraction of sp³-hybridized carbons (Fsp3) is 0.273. The lowest BCUT2D eigenvalue weighted by Gasteiger charge is -2.38. The highest BCUT2D eigenvalue weighted by molar-refractivity contribution is 8.16. The van der Waals surface area contributed by atoms with E-state index in [9.17, 15) is 9.59 Å². The molecule has 1 aromatic heterocycles. The van der Waals surface area contributed by atoms with Crippen molar-refractivity contribution < 1.29 is 14.3 Å². The Morgan fingerprint density at radius 2 is 1.76 bits per heavy atom. The van der Waals surface area contributed by atoms with Gasteiger partial charge in [0.25, 0.3) is 5.91 Å². The second-order valence-corrected chi connectivity index (χ2v) is 10.9. The van der Waals surface area contributed by atoms with Crippen LogP contribution in [0.2, 0.25) is 0 Å². The van der Waals surface area contributed by atoms with Gasteiger partial charge in [-0.15, -0.1) is 0 Å². The third kappa shape index (κ3) is 6.57. The molecule has 0 spiro atoms. The van der Waals surface area contributed by atoms with Crippen molar-refractivity contribution in [3.05, 3.63) is 118 Å². The summed E-state index contributed by atoms with van der Waals surface area (Å²) in [5.74, 6) is 0.543. The summed E-state index contributed by atoms with van der Waals surface area (Å²) in [6, 6.07) is 21.2. The molecule has 0 saturated carbocycles.